The zero-order valence-corrected chi connectivity index (χ0v) is 16.3. The maximum Gasteiger partial charge on any atom is 0.254 e. The first kappa shape index (κ1) is 18.2. The highest BCUT2D eigenvalue weighted by atomic mass is 16.3. The molecule has 2 aromatic carbocycles. The van der Waals surface area contributed by atoms with Gasteiger partial charge in [-0.1, -0.05) is 30.3 Å². The monoisotopic (exact) mass is 391 g/mol. The molecule has 2 N–H and O–H groups in total. The smallest absolute Gasteiger partial charge is 0.254 e. The maximum absolute atomic E-state index is 12.9. The Bertz CT molecular complexity index is 919. The summed E-state index contributed by atoms with van der Waals surface area (Å²) >= 11 is 0. The number of hydrogen-bond acceptors (Lipinski definition) is 4. The van der Waals surface area contributed by atoms with Crippen molar-refractivity contribution in [2.24, 2.45) is 0 Å². The van der Waals surface area contributed by atoms with E-state index in [2.05, 4.69) is 23.5 Å². The Kier molecular flexibility index (Phi) is 4.32. The van der Waals surface area contributed by atoms with Crippen LogP contribution < -0.4 is 5.32 Å². The highest BCUT2D eigenvalue weighted by Crippen LogP contribution is 2.37. The molecule has 1 aliphatic carbocycles. The van der Waals surface area contributed by atoms with Crippen LogP contribution in [0.3, 0.4) is 0 Å². The molecule has 1 saturated carbocycles. The van der Waals surface area contributed by atoms with E-state index in [0.717, 1.165) is 6.42 Å². The van der Waals surface area contributed by atoms with Gasteiger partial charge in [-0.2, -0.15) is 0 Å². The Morgan fingerprint density at radius 2 is 1.59 bits per heavy atom. The third-order valence-electron chi connectivity index (χ3n) is 6.31. The predicted molar refractivity (Wildman–Crippen MR) is 110 cm³/mol. The van der Waals surface area contributed by atoms with E-state index in [1.807, 2.05) is 30.3 Å². The molecule has 1 atom stereocenters. The number of nitrogens with one attached hydrogen (secondary N) is 1. The van der Waals surface area contributed by atoms with Crippen molar-refractivity contribution in [3.8, 4) is 0 Å². The summed E-state index contributed by atoms with van der Waals surface area (Å²) < 4.78 is 0. The molecule has 2 amide bonds. The summed E-state index contributed by atoms with van der Waals surface area (Å²) in [4.78, 5) is 28.6. The molecule has 150 valence electrons. The first-order chi connectivity index (χ1) is 14.0. The highest BCUT2D eigenvalue weighted by molar-refractivity contribution is 5.94. The number of aliphatic hydroxyl groups is 1. The number of carbonyl (C=O) groups excluding carboxylic acids is 2. The minimum Gasteiger partial charge on any atom is -0.380 e. The van der Waals surface area contributed by atoms with Crippen LogP contribution in [0, 0.1) is 0 Å². The van der Waals surface area contributed by atoms with Gasteiger partial charge in [0.2, 0.25) is 0 Å². The molecule has 1 unspecified atom stereocenters. The van der Waals surface area contributed by atoms with Crippen LogP contribution in [0.1, 0.15) is 40.4 Å². The lowest BCUT2D eigenvalue weighted by Crippen LogP contribution is -2.53. The van der Waals surface area contributed by atoms with Crippen molar-refractivity contribution in [2.45, 2.75) is 30.9 Å². The zero-order chi connectivity index (χ0) is 20.0. The molecule has 2 aliphatic heterocycles. The number of amides is 2. The Balaban J connectivity index is 1.20. The topological polar surface area (TPSA) is 72.9 Å². The van der Waals surface area contributed by atoms with E-state index in [1.54, 1.807) is 9.80 Å². The molecule has 0 radical (unpaired) electrons. The molecule has 2 aromatic rings. The number of fused-ring (bicyclic) bond motifs is 1. The van der Waals surface area contributed by atoms with Crippen molar-refractivity contribution in [1.82, 2.24) is 9.80 Å². The van der Waals surface area contributed by atoms with Gasteiger partial charge < -0.3 is 20.2 Å². The lowest BCUT2D eigenvalue weighted by Gasteiger charge is -2.35. The third kappa shape index (κ3) is 3.38. The second kappa shape index (κ2) is 6.88. The Morgan fingerprint density at radius 3 is 2.24 bits per heavy atom. The van der Waals surface area contributed by atoms with Gasteiger partial charge in [0, 0.05) is 37.4 Å². The van der Waals surface area contributed by atoms with Gasteiger partial charge in [0.1, 0.15) is 5.60 Å². The lowest BCUT2D eigenvalue weighted by molar-refractivity contribution is -0.143. The van der Waals surface area contributed by atoms with Gasteiger partial charge in [0.05, 0.1) is 6.04 Å². The molecule has 0 bridgehead atoms. The van der Waals surface area contributed by atoms with Gasteiger partial charge in [-0.05, 0) is 48.6 Å². The van der Waals surface area contributed by atoms with Crippen LogP contribution in [0.4, 0.5) is 5.69 Å². The second-order valence-electron chi connectivity index (χ2n) is 8.30. The van der Waals surface area contributed by atoms with Crippen molar-refractivity contribution < 1.29 is 14.7 Å². The number of piperazine rings is 1. The lowest BCUT2D eigenvalue weighted by atomic mass is 10.0. The summed E-state index contributed by atoms with van der Waals surface area (Å²) in [6.45, 7) is 1.97. The Hall–Kier alpha value is -2.86. The normalized spacial score (nSPS) is 22.0. The molecule has 2 fully saturated rings. The van der Waals surface area contributed by atoms with Crippen LogP contribution in [0.15, 0.2) is 48.5 Å². The molecule has 1 saturated heterocycles. The third-order valence-corrected chi connectivity index (χ3v) is 6.31. The van der Waals surface area contributed by atoms with Gasteiger partial charge in [0.25, 0.3) is 11.8 Å². The quantitative estimate of drug-likeness (QED) is 0.842. The highest BCUT2D eigenvalue weighted by Gasteiger charge is 2.50. The number of hydrogen-bond donors (Lipinski definition) is 2. The van der Waals surface area contributed by atoms with E-state index >= 15 is 0 Å². The van der Waals surface area contributed by atoms with Crippen LogP contribution in [0.2, 0.25) is 0 Å². The fraction of sp³-hybridized carbons (Fsp3) is 0.391. The van der Waals surface area contributed by atoms with Gasteiger partial charge in [-0.15, -0.1) is 0 Å². The van der Waals surface area contributed by atoms with Gasteiger partial charge >= 0.3 is 0 Å². The average Bonchev–Trinajstić information content (AvgIpc) is 3.37. The molecule has 0 spiro atoms. The van der Waals surface area contributed by atoms with Crippen LogP contribution in [-0.4, -0.2) is 58.5 Å². The van der Waals surface area contributed by atoms with Crippen LogP contribution >= 0.6 is 0 Å². The van der Waals surface area contributed by atoms with Crippen molar-refractivity contribution >= 4 is 17.5 Å². The molecule has 3 aliphatic rings. The van der Waals surface area contributed by atoms with Gasteiger partial charge in [-0.3, -0.25) is 9.59 Å². The molecular weight excluding hydrogens is 366 g/mol. The zero-order valence-electron chi connectivity index (χ0n) is 16.3. The van der Waals surface area contributed by atoms with E-state index in [1.165, 1.54) is 16.8 Å². The molecular formula is C23H25N3O3. The van der Waals surface area contributed by atoms with E-state index in [4.69, 9.17) is 0 Å². The van der Waals surface area contributed by atoms with E-state index in [9.17, 15) is 14.7 Å². The fourth-order valence-corrected chi connectivity index (χ4v) is 4.28. The summed E-state index contributed by atoms with van der Waals surface area (Å²) in [5.41, 5.74) is 3.22. The summed E-state index contributed by atoms with van der Waals surface area (Å²) in [6, 6.07) is 16.4. The van der Waals surface area contributed by atoms with Crippen molar-refractivity contribution in [2.75, 3.05) is 31.5 Å². The van der Waals surface area contributed by atoms with E-state index in [-0.39, 0.29) is 17.9 Å². The maximum atomic E-state index is 12.9. The molecule has 0 aromatic heterocycles. The van der Waals surface area contributed by atoms with Gasteiger partial charge in [0.15, 0.2) is 0 Å². The summed E-state index contributed by atoms with van der Waals surface area (Å²) in [5, 5.41) is 13.5. The molecule has 2 heterocycles. The largest absolute Gasteiger partial charge is 0.380 e. The molecule has 6 heteroatoms. The molecule has 29 heavy (non-hydrogen) atoms. The van der Waals surface area contributed by atoms with Gasteiger partial charge in [-0.25, -0.2) is 0 Å². The van der Waals surface area contributed by atoms with Crippen LogP contribution in [-0.2, 0) is 11.2 Å². The Morgan fingerprint density at radius 1 is 0.931 bits per heavy atom. The SMILES string of the molecule is O=C(c1ccc(C2Cc3ccccc3N2)cc1)N1CCN(C(=O)C2(O)CC2)CC1. The predicted octanol–water partition coefficient (Wildman–Crippen LogP) is 2.21. The summed E-state index contributed by atoms with van der Waals surface area (Å²) in [7, 11) is 0. The first-order valence-corrected chi connectivity index (χ1v) is 10.3. The van der Waals surface area contributed by atoms with E-state index in [0.29, 0.717) is 44.6 Å². The number of rotatable bonds is 3. The summed E-state index contributed by atoms with van der Waals surface area (Å²) in [6.07, 6.45) is 2.06. The first-order valence-electron chi connectivity index (χ1n) is 10.3. The van der Waals surface area contributed by atoms with Crippen molar-refractivity contribution in [3.63, 3.8) is 0 Å². The molecule has 5 rings (SSSR count). The van der Waals surface area contributed by atoms with E-state index < -0.39 is 5.60 Å². The number of anilines is 1. The average molecular weight is 391 g/mol. The Labute approximate surface area is 170 Å². The number of para-hydroxylation sites is 1. The fourth-order valence-electron chi connectivity index (χ4n) is 4.28. The van der Waals surface area contributed by atoms with Crippen molar-refractivity contribution in [1.29, 1.82) is 0 Å². The standard InChI is InChI=1S/C23H25N3O3/c27-21(25-11-13-26(14-12-25)22(28)23(29)9-10-23)17-7-5-16(6-8-17)20-15-18-3-1-2-4-19(18)24-20/h1-8,20,24,29H,9-15H2. The van der Waals surface area contributed by atoms with Crippen molar-refractivity contribution in [3.05, 3.63) is 65.2 Å². The minimum absolute atomic E-state index is 0.00329. The number of benzene rings is 2. The minimum atomic E-state index is -1.13. The van der Waals surface area contributed by atoms with Crippen LogP contribution in [0.25, 0.3) is 0 Å². The molecule has 6 nitrogen and oxygen atoms in total. The number of carbonyl (C=O) groups is 2. The second-order valence-corrected chi connectivity index (χ2v) is 8.30. The summed E-state index contributed by atoms with van der Waals surface area (Å²) in [5.74, 6) is -0.185. The number of nitrogens with zero attached hydrogens (tertiary/aromatic N) is 2. The van der Waals surface area contributed by atoms with Crippen LogP contribution in [0.5, 0.6) is 0 Å².